The van der Waals surface area contributed by atoms with Gasteiger partial charge in [-0.15, -0.1) is 0 Å². The van der Waals surface area contributed by atoms with Gasteiger partial charge in [-0.05, 0) is 0 Å². The number of carboxylic acids is 2. The molecule has 13 heteroatoms. The first-order chi connectivity index (χ1) is 7.36. The standard InChI is InChI=1S/C8H8O4.BO3.5Na/c9-7(10)5-3-1-2-4-6(5)8(11)12;2-1(3)4;;;;;/h1-6H,(H,9,10)(H,11,12);;;;;;/q;-3;5*+1/p-2. The fourth-order valence-electron chi connectivity index (χ4n) is 1.06. The van der Waals surface area contributed by atoms with Gasteiger partial charge in [-0.3, -0.25) is 7.32 Å². The van der Waals surface area contributed by atoms with Crippen molar-refractivity contribution in [1.82, 2.24) is 0 Å². The van der Waals surface area contributed by atoms with Crippen molar-refractivity contribution in [2.24, 2.45) is 11.8 Å². The van der Waals surface area contributed by atoms with Gasteiger partial charge in [0.1, 0.15) is 0 Å². The first-order valence-corrected chi connectivity index (χ1v) is 4.10. The monoisotopic (exact) mass is 340 g/mol. The number of carbonyl (C=O) groups excluding carboxylic acids is 2. The van der Waals surface area contributed by atoms with Gasteiger partial charge in [0.05, 0.1) is 0 Å². The van der Waals surface area contributed by atoms with Crippen LogP contribution in [0.2, 0.25) is 0 Å². The summed E-state index contributed by atoms with van der Waals surface area (Å²) in [6, 6.07) is 0. The molecule has 0 aromatic rings. The molecule has 0 saturated carbocycles. The summed E-state index contributed by atoms with van der Waals surface area (Å²) in [6.45, 7) is 0. The molecule has 0 aliphatic heterocycles. The van der Waals surface area contributed by atoms with Crippen LogP contribution in [0.3, 0.4) is 0 Å². The van der Waals surface area contributed by atoms with Crippen LogP contribution in [-0.2, 0) is 9.59 Å². The maximum atomic E-state index is 10.4. The fraction of sp³-hybridized carbons (Fsp3) is 0.250. The predicted octanol–water partition coefficient (Wildman–Crippen LogP) is -21.1. The van der Waals surface area contributed by atoms with E-state index in [1.54, 1.807) is 0 Å². The average molecular weight is 340 g/mol. The van der Waals surface area contributed by atoms with Gasteiger partial charge in [0.15, 0.2) is 0 Å². The molecule has 2 unspecified atom stereocenters. The Labute approximate surface area is 233 Å². The van der Waals surface area contributed by atoms with Gasteiger partial charge in [0.25, 0.3) is 0 Å². The van der Waals surface area contributed by atoms with Crippen LogP contribution in [0, 0.1) is 11.8 Å². The number of aliphatic carboxylic acids is 2. The third-order valence-electron chi connectivity index (χ3n) is 1.68. The Kier molecular flexibility index (Phi) is 43.9. The summed E-state index contributed by atoms with van der Waals surface area (Å²) in [5.41, 5.74) is 0. The van der Waals surface area contributed by atoms with E-state index in [4.69, 9.17) is 15.1 Å². The molecule has 0 heterocycles. The Morgan fingerprint density at radius 2 is 0.905 bits per heavy atom. The van der Waals surface area contributed by atoms with Gasteiger partial charge < -0.3 is 34.9 Å². The van der Waals surface area contributed by atoms with Gasteiger partial charge in [-0.1, -0.05) is 24.3 Å². The number of hydrogen-bond donors (Lipinski definition) is 0. The molecule has 1 aliphatic carbocycles. The fourth-order valence-corrected chi connectivity index (χ4v) is 1.06. The summed E-state index contributed by atoms with van der Waals surface area (Å²) in [6.07, 6.45) is 5.49. The first kappa shape index (κ1) is 39.4. The van der Waals surface area contributed by atoms with Crippen LogP contribution < -0.4 is 173 Å². The summed E-state index contributed by atoms with van der Waals surface area (Å²) in [5.74, 6) is -5.02. The van der Waals surface area contributed by atoms with Crippen molar-refractivity contribution in [3.63, 3.8) is 0 Å². The van der Waals surface area contributed by atoms with Crippen molar-refractivity contribution >= 4 is 19.3 Å². The molecule has 0 fully saturated rings. The zero-order valence-electron chi connectivity index (χ0n) is 12.9. The van der Waals surface area contributed by atoms with Crippen LogP contribution in [0.15, 0.2) is 24.3 Å². The summed E-state index contributed by atoms with van der Waals surface area (Å²) < 4.78 is 0. The Bertz CT molecular complexity index is 295. The SMILES string of the molecule is O=C([O-])C1C=CC=CC1C(=O)[O-].[Na+].[Na+].[Na+].[Na+].[Na+].[O-]B([O-])[O-]. The number of rotatable bonds is 2. The molecule has 1 aliphatic rings. The van der Waals surface area contributed by atoms with Gasteiger partial charge in [0.2, 0.25) is 0 Å². The Morgan fingerprint density at radius 3 is 1.05 bits per heavy atom. The minimum absolute atomic E-state index is 0. The molecule has 0 bridgehead atoms. The molecular weight excluding hydrogens is 334 g/mol. The van der Waals surface area contributed by atoms with Crippen molar-refractivity contribution in [2.75, 3.05) is 0 Å². The zero-order valence-corrected chi connectivity index (χ0v) is 22.9. The molecule has 0 N–H and O–H groups in total. The largest absolute Gasteiger partial charge is 1.00 e. The molecule has 7 nitrogen and oxygen atoms in total. The summed E-state index contributed by atoms with van der Waals surface area (Å²) in [7, 11) is -2.92. The second-order valence-electron chi connectivity index (χ2n) is 2.75. The maximum absolute atomic E-state index is 10.4. The van der Waals surface area contributed by atoms with Crippen LogP contribution in [0.25, 0.3) is 0 Å². The molecule has 0 aromatic heterocycles. The Balaban J connectivity index is -0.0000000566. The normalized spacial score (nSPS) is 16.7. The predicted molar refractivity (Wildman–Crippen MR) is 41.0 cm³/mol. The van der Waals surface area contributed by atoms with E-state index in [0.29, 0.717) is 0 Å². The van der Waals surface area contributed by atoms with E-state index in [2.05, 4.69) is 0 Å². The van der Waals surface area contributed by atoms with E-state index < -0.39 is 31.1 Å². The topological polar surface area (TPSA) is 149 Å². The van der Waals surface area contributed by atoms with Crippen molar-refractivity contribution < 1.29 is 183 Å². The Hall–Kier alpha value is 3.36. The van der Waals surface area contributed by atoms with Gasteiger partial charge in [0, 0.05) is 23.8 Å². The van der Waals surface area contributed by atoms with Crippen molar-refractivity contribution in [2.45, 2.75) is 0 Å². The Morgan fingerprint density at radius 1 is 0.714 bits per heavy atom. The second-order valence-corrected chi connectivity index (χ2v) is 2.75. The van der Waals surface area contributed by atoms with Crippen molar-refractivity contribution in [3.8, 4) is 0 Å². The molecule has 0 saturated heterocycles. The maximum Gasteiger partial charge on any atom is 1.00 e. The molecule has 0 aromatic carbocycles. The van der Waals surface area contributed by atoms with Crippen LogP contribution in [-0.4, -0.2) is 19.3 Å². The third-order valence-corrected chi connectivity index (χ3v) is 1.68. The van der Waals surface area contributed by atoms with E-state index in [9.17, 15) is 19.8 Å². The molecule has 88 valence electrons. The van der Waals surface area contributed by atoms with Crippen LogP contribution in [0.5, 0.6) is 0 Å². The van der Waals surface area contributed by atoms with E-state index >= 15 is 0 Å². The van der Waals surface area contributed by atoms with E-state index in [1.807, 2.05) is 0 Å². The number of hydrogen-bond acceptors (Lipinski definition) is 7. The first-order valence-electron chi connectivity index (χ1n) is 4.10. The van der Waals surface area contributed by atoms with Crippen molar-refractivity contribution in [3.05, 3.63) is 24.3 Å². The van der Waals surface area contributed by atoms with Gasteiger partial charge >= 0.3 is 148 Å². The van der Waals surface area contributed by atoms with E-state index in [-0.39, 0.29) is 148 Å². The smallest absolute Gasteiger partial charge is 0.907 e. The average Bonchev–Trinajstić information content (AvgIpc) is 2.16. The molecule has 0 spiro atoms. The molecular formula is C8H6BNa5O7. The minimum atomic E-state index is -2.92. The molecule has 2 atom stereocenters. The quantitative estimate of drug-likeness (QED) is 0.453. The molecule has 21 heavy (non-hydrogen) atoms. The van der Waals surface area contributed by atoms with E-state index in [1.165, 1.54) is 24.3 Å². The van der Waals surface area contributed by atoms with Gasteiger partial charge in [-0.2, -0.15) is 0 Å². The molecule has 1 rings (SSSR count). The van der Waals surface area contributed by atoms with Crippen LogP contribution in [0.1, 0.15) is 0 Å². The zero-order chi connectivity index (χ0) is 12.7. The number of allylic oxidation sites excluding steroid dienone is 2. The minimum Gasteiger partial charge on any atom is -0.907 e. The molecule has 0 amide bonds. The summed E-state index contributed by atoms with van der Waals surface area (Å²) in [4.78, 5) is 20.8. The third kappa shape index (κ3) is 21.3. The van der Waals surface area contributed by atoms with E-state index in [0.717, 1.165) is 0 Å². The summed E-state index contributed by atoms with van der Waals surface area (Å²) >= 11 is 0. The van der Waals surface area contributed by atoms with Crippen LogP contribution >= 0.6 is 0 Å². The van der Waals surface area contributed by atoms with Crippen molar-refractivity contribution in [1.29, 1.82) is 0 Å². The van der Waals surface area contributed by atoms with Gasteiger partial charge in [-0.25, -0.2) is 0 Å². The molecule has 0 radical (unpaired) electrons. The second kappa shape index (κ2) is 23.4. The summed E-state index contributed by atoms with van der Waals surface area (Å²) in [5, 5.41) is 46.0. The number of carboxylic acid groups (broad SMARTS) is 2. The number of carbonyl (C=O) groups is 2. The van der Waals surface area contributed by atoms with Crippen LogP contribution in [0.4, 0.5) is 0 Å².